The maximum atomic E-state index is 11.4. The summed E-state index contributed by atoms with van der Waals surface area (Å²) < 4.78 is 0. The van der Waals surface area contributed by atoms with E-state index in [4.69, 9.17) is 5.73 Å². The number of H-pyrrole nitrogens is 1. The van der Waals surface area contributed by atoms with E-state index in [9.17, 15) is 4.79 Å². The highest BCUT2D eigenvalue weighted by atomic mass is 16.1. The first kappa shape index (κ1) is 11.7. The molecular weight excluding hydrogens is 214 g/mol. The van der Waals surface area contributed by atoms with Crippen molar-refractivity contribution in [3.63, 3.8) is 0 Å². The second-order valence-corrected chi connectivity index (χ2v) is 3.99. The molecule has 0 saturated carbocycles. The molecule has 0 atom stereocenters. The number of likely N-dealkylation sites (N-methyl/N-ethyl adjacent to an activating group) is 1. The number of benzene rings is 1. The van der Waals surface area contributed by atoms with E-state index in [2.05, 4.69) is 17.2 Å². The molecule has 2 aromatic rings. The van der Waals surface area contributed by atoms with Gasteiger partial charge in [-0.2, -0.15) is 0 Å². The van der Waals surface area contributed by atoms with Crippen LogP contribution in [0.15, 0.2) is 24.3 Å². The Morgan fingerprint density at radius 1 is 1.41 bits per heavy atom. The summed E-state index contributed by atoms with van der Waals surface area (Å²) >= 11 is 0. The van der Waals surface area contributed by atoms with Crippen molar-refractivity contribution in [3.05, 3.63) is 35.5 Å². The number of para-hydroxylation sites is 1. The molecule has 1 aromatic heterocycles. The number of carbonyl (C=O) groups excluding carboxylic acids is 1. The van der Waals surface area contributed by atoms with Crippen LogP contribution in [0.4, 0.5) is 0 Å². The van der Waals surface area contributed by atoms with Gasteiger partial charge in [-0.3, -0.25) is 4.79 Å². The van der Waals surface area contributed by atoms with Gasteiger partial charge in [0.15, 0.2) is 0 Å². The van der Waals surface area contributed by atoms with Crippen LogP contribution in [0.2, 0.25) is 0 Å². The maximum absolute atomic E-state index is 11.4. The number of amides is 1. The Balaban J connectivity index is 2.41. The van der Waals surface area contributed by atoms with Crippen molar-refractivity contribution >= 4 is 16.8 Å². The van der Waals surface area contributed by atoms with E-state index >= 15 is 0 Å². The second-order valence-electron chi connectivity index (χ2n) is 3.99. The Bertz CT molecular complexity index is 530. The van der Waals surface area contributed by atoms with Crippen LogP contribution < -0.4 is 11.1 Å². The number of carbonyl (C=O) groups is 1. The van der Waals surface area contributed by atoms with Crippen LogP contribution in [0.3, 0.4) is 0 Å². The van der Waals surface area contributed by atoms with E-state index in [1.807, 2.05) is 24.3 Å². The predicted molar refractivity (Wildman–Crippen MR) is 69.1 cm³/mol. The lowest BCUT2D eigenvalue weighted by atomic mass is 10.1. The van der Waals surface area contributed by atoms with E-state index < -0.39 is 5.91 Å². The van der Waals surface area contributed by atoms with Crippen LogP contribution in [-0.4, -0.2) is 24.0 Å². The van der Waals surface area contributed by atoms with Crippen molar-refractivity contribution < 1.29 is 4.79 Å². The number of nitrogens with one attached hydrogen (secondary N) is 2. The molecule has 0 spiro atoms. The van der Waals surface area contributed by atoms with E-state index in [0.29, 0.717) is 5.69 Å². The average molecular weight is 231 g/mol. The number of fused-ring (bicyclic) bond motifs is 1. The van der Waals surface area contributed by atoms with Crippen LogP contribution in [-0.2, 0) is 6.42 Å². The van der Waals surface area contributed by atoms with E-state index in [0.717, 1.165) is 36.0 Å². The first-order valence-corrected chi connectivity index (χ1v) is 5.84. The second kappa shape index (κ2) is 5.01. The Morgan fingerprint density at radius 2 is 2.18 bits per heavy atom. The Labute approximate surface area is 100 Å². The highest BCUT2D eigenvalue weighted by molar-refractivity contribution is 6.00. The zero-order chi connectivity index (χ0) is 12.3. The van der Waals surface area contributed by atoms with Crippen molar-refractivity contribution in [3.8, 4) is 0 Å². The molecule has 1 amide bonds. The van der Waals surface area contributed by atoms with Crippen molar-refractivity contribution in [2.45, 2.75) is 13.3 Å². The topological polar surface area (TPSA) is 70.9 Å². The van der Waals surface area contributed by atoms with E-state index in [1.54, 1.807) is 0 Å². The lowest BCUT2D eigenvalue weighted by Gasteiger charge is -2.03. The summed E-state index contributed by atoms with van der Waals surface area (Å²) in [6.45, 7) is 3.83. The number of rotatable bonds is 5. The molecule has 0 aliphatic carbocycles. The Morgan fingerprint density at radius 3 is 2.88 bits per heavy atom. The first-order chi connectivity index (χ1) is 8.24. The molecule has 0 bridgehead atoms. The summed E-state index contributed by atoms with van der Waals surface area (Å²) in [5.74, 6) is -0.396. The molecule has 17 heavy (non-hydrogen) atoms. The van der Waals surface area contributed by atoms with Crippen molar-refractivity contribution in [1.29, 1.82) is 0 Å². The summed E-state index contributed by atoms with van der Waals surface area (Å²) in [6, 6.07) is 7.88. The third-order valence-electron chi connectivity index (χ3n) is 2.86. The number of nitrogens with two attached hydrogens (primary N) is 1. The number of hydrogen-bond acceptors (Lipinski definition) is 2. The molecule has 0 fully saturated rings. The quantitative estimate of drug-likeness (QED) is 0.681. The SMILES string of the molecule is CCNCCc1c(C(N)=O)[nH]c2ccccc12. The molecule has 4 heteroatoms. The van der Waals surface area contributed by atoms with E-state index in [-0.39, 0.29) is 0 Å². The smallest absolute Gasteiger partial charge is 0.265 e. The van der Waals surface area contributed by atoms with Gasteiger partial charge < -0.3 is 16.0 Å². The summed E-state index contributed by atoms with van der Waals surface area (Å²) in [6.07, 6.45) is 0.802. The van der Waals surface area contributed by atoms with Gasteiger partial charge in [-0.1, -0.05) is 25.1 Å². The normalized spacial score (nSPS) is 10.9. The summed E-state index contributed by atoms with van der Waals surface area (Å²) in [4.78, 5) is 14.5. The van der Waals surface area contributed by atoms with Gasteiger partial charge in [-0.25, -0.2) is 0 Å². The number of aromatic nitrogens is 1. The van der Waals surface area contributed by atoms with Gasteiger partial charge >= 0.3 is 0 Å². The third kappa shape index (κ3) is 2.31. The van der Waals surface area contributed by atoms with Crippen molar-refractivity contribution in [2.75, 3.05) is 13.1 Å². The van der Waals surface area contributed by atoms with Gasteiger partial charge in [-0.15, -0.1) is 0 Å². The van der Waals surface area contributed by atoms with Crippen molar-refractivity contribution in [1.82, 2.24) is 10.3 Å². The molecular formula is C13H17N3O. The lowest BCUT2D eigenvalue weighted by molar-refractivity contribution is 0.0995. The standard InChI is InChI=1S/C13H17N3O/c1-2-15-8-7-10-9-5-3-4-6-11(9)16-12(10)13(14)17/h3-6,15-16H,2,7-8H2,1H3,(H2,14,17). The minimum absolute atomic E-state index is 0.396. The molecule has 0 aliphatic heterocycles. The number of aromatic amines is 1. The van der Waals surface area contributed by atoms with Gasteiger partial charge in [0.05, 0.1) is 0 Å². The van der Waals surface area contributed by atoms with Crippen LogP contribution in [0.5, 0.6) is 0 Å². The Hall–Kier alpha value is -1.81. The Kier molecular flexibility index (Phi) is 3.44. The van der Waals surface area contributed by atoms with Gasteiger partial charge in [0.1, 0.15) is 5.69 Å². The fourth-order valence-electron chi connectivity index (χ4n) is 2.06. The monoisotopic (exact) mass is 231 g/mol. The lowest BCUT2D eigenvalue weighted by Crippen LogP contribution is -2.19. The molecule has 0 unspecified atom stereocenters. The van der Waals surface area contributed by atoms with Crippen LogP contribution in [0, 0.1) is 0 Å². The van der Waals surface area contributed by atoms with Gasteiger partial charge in [0.25, 0.3) is 5.91 Å². The zero-order valence-corrected chi connectivity index (χ0v) is 9.92. The van der Waals surface area contributed by atoms with Gasteiger partial charge in [0.2, 0.25) is 0 Å². The number of hydrogen-bond donors (Lipinski definition) is 3. The third-order valence-corrected chi connectivity index (χ3v) is 2.86. The molecule has 0 saturated heterocycles. The zero-order valence-electron chi connectivity index (χ0n) is 9.92. The molecule has 1 heterocycles. The van der Waals surface area contributed by atoms with Crippen molar-refractivity contribution in [2.24, 2.45) is 5.73 Å². The largest absolute Gasteiger partial charge is 0.364 e. The fraction of sp³-hybridized carbons (Fsp3) is 0.308. The predicted octanol–water partition coefficient (Wildman–Crippen LogP) is 1.42. The molecule has 90 valence electrons. The minimum atomic E-state index is -0.396. The van der Waals surface area contributed by atoms with Crippen LogP contribution in [0.25, 0.3) is 10.9 Å². The highest BCUT2D eigenvalue weighted by Crippen LogP contribution is 2.22. The van der Waals surface area contributed by atoms with Crippen LogP contribution in [0.1, 0.15) is 23.0 Å². The summed E-state index contributed by atoms with van der Waals surface area (Å²) in [5.41, 5.74) is 7.90. The summed E-state index contributed by atoms with van der Waals surface area (Å²) in [7, 11) is 0. The molecule has 0 radical (unpaired) electrons. The molecule has 0 aliphatic rings. The minimum Gasteiger partial charge on any atom is -0.364 e. The maximum Gasteiger partial charge on any atom is 0.265 e. The average Bonchev–Trinajstić information content (AvgIpc) is 2.69. The van der Waals surface area contributed by atoms with Gasteiger partial charge in [0, 0.05) is 10.9 Å². The molecule has 2 rings (SSSR count). The number of primary amides is 1. The summed E-state index contributed by atoms with van der Waals surface area (Å²) in [5, 5.41) is 4.33. The van der Waals surface area contributed by atoms with E-state index in [1.165, 1.54) is 0 Å². The molecule has 4 nitrogen and oxygen atoms in total. The highest BCUT2D eigenvalue weighted by Gasteiger charge is 2.14. The van der Waals surface area contributed by atoms with Gasteiger partial charge in [-0.05, 0) is 31.1 Å². The fourth-order valence-corrected chi connectivity index (χ4v) is 2.06. The molecule has 4 N–H and O–H groups in total. The van der Waals surface area contributed by atoms with Crippen LogP contribution >= 0.6 is 0 Å². The first-order valence-electron chi connectivity index (χ1n) is 5.84. The molecule has 1 aromatic carbocycles.